The molecule has 2 heteroatoms. The number of benzene rings is 1. The number of ether oxygens (including phenoxy) is 1. The Morgan fingerprint density at radius 2 is 1.95 bits per heavy atom. The summed E-state index contributed by atoms with van der Waals surface area (Å²) < 4.78 is 6.13. The first-order chi connectivity index (χ1) is 9.38. The minimum absolute atomic E-state index is 0.118. The van der Waals surface area contributed by atoms with Gasteiger partial charge in [0.15, 0.2) is 0 Å². The van der Waals surface area contributed by atoms with Crippen molar-refractivity contribution in [1.82, 2.24) is 5.32 Å². The first kappa shape index (κ1) is 15.4. The SMILES string of the molecule is CCNC1c2cc(CC)cc(C(C)(C)C)c2OCC1C. The molecule has 20 heavy (non-hydrogen) atoms. The van der Waals surface area contributed by atoms with Crippen molar-refractivity contribution in [2.24, 2.45) is 5.92 Å². The summed E-state index contributed by atoms with van der Waals surface area (Å²) in [7, 11) is 0. The van der Waals surface area contributed by atoms with E-state index < -0.39 is 0 Å². The molecule has 0 saturated heterocycles. The molecule has 0 aliphatic carbocycles. The highest BCUT2D eigenvalue weighted by Gasteiger charge is 2.32. The molecule has 1 N–H and O–H groups in total. The molecular formula is C18H29NO. The quantitative estimate of drug-likeness (QED) is 0.891. The van der Waals surface area contributed by atoms with Crippen LogP contribution in [0.2, 0.25) is 0 Å². The van der Waals surface area contributed by atoms with E-state index in [0.717, 1.165) is 25.3 Å². The smallest absolute Gasteiger partial charge is 0.127 e. The molecule has 0 amide bonds. The van der Waals surface area contributed by atoms with E-state index >= 15 is 0 Å². The van der Waals surface area contributed by atoms with Gasteiger partial charge >= 0.3 is 0 Å². The second-order valence-electron chi connectivity index (χ2n) is 6.99. The third-order valence-electron chi connectivity index (χ3n) is 4.21. The van der Waals surface area contributed by atoms with Crippen molar-refractivity contribution in [3.63, 3.8) is 0 Å². The molecule has 1 aliphatic rings. The molecule has 0 fully saturated rings. The maximum Gasteiger partial charge on any atom is 0.127 e. The molecule has 0 radical (unpaired) electrons. The van der Waals surface area contributed by atoms with E-state index in [1.54, 1.807) is 0 Å². The minimum Gasteiger partial charge on any atom is -0.493 e. The molecule has 0 aromatic heterocycles. The van der Waals surface area contributed by atoms with Gasteiger partial charge in [-0.25, -0.2) is 0 Å². The first-order valence-electron chi connectivity index (χ1n) is 7.92. The normalized spacial score (nSPS) is 22.3. The van der Waals surface area contributed by atoms with Crippen LogP contribution in [0.4, 0.5) is 0 Å². The van der Waals surface area contributed by atoms with Crippen molar-refractivity contribution < 1.29 is 4.74 Å². The van der Waals surface area contributed by atoms with E-state index in [0.29, 0.717) is 12.0 Å². The molecule has 2 rings (SSSR count). The van der Waals surface area contributed by atoms with Gasteiger partial charge in [-0.15, -0.1) is 0 Å². The predicted molar refractivity (Wildman–Crippen MR) is 85.6 cm³/mol. The largest absolute Gasteiger partial charge is 0.493 e. The zero-order chi connectivity index (χ0) is 14.9. The van der Waals surface area contributed by atoms with Crippen LogP contribution in [0.5, 0.6) is 5.75 Å². The molecule has 1 aromatic carbocycles. The van der Waals surface area contributed by atoms with Crippen molar-refractivity contribution in [3.8, 4) is 5.75 Å². The zero-order valence-corrected chi connectivity index (χ0v) is 13.8. The molecule has 0 saturated carbocycles. The number of hydrogen-bond donors (Lipinski definition) is 1. The summed E-state index contributed by atoms with van der Waals surface area (Å²) in [5.41, 5.74) is 4.23. The fourth-order valence-corrected chi connectivity index (χ4v) is 3.02. The van der Waals surface area contributed by atoms with Gasteiger partial charge in [-0.2, -0.15) is 0 Å². The van der Waals surface area contributed by atoms with Crippen LogP contribution in [0.3, 0.4) is 0 Å². The Hall–Kier alpha value is -1.02. The molecule has 2 nitrogen and oxygen atoms in total. The van der Waals surface area contributed by atoms with E-state index in [-0.39, 0.29) is 5.41 Å². The van der Waals surface area contributed by atoms with Crippen molar-refractivity contribution in [1.29, 1.82) is 0 Å². The molecule has 1 aromatic rings. The topological polar surface area (TPSA) is 21.3 Å². The molecule has 0 spiro atoms. The maximum atomic E-state index is 6.13. The fraction of sp³-hybridized carbons (Fsp3) is 0.667. The minimum atomic E-state index is 0.118. The lowest BCUT2D eigenvalue weighted by atomic mass is 9.80. The standard InChI is InChI=1S/C18H29NO/c1-7-13-9-14-16(19-8-2)12(3)11-20-17(14)15(10-13)18(4,5)6/h9-10,12,16,19H,7-8,11H2,1-6H3. The van der Waals surface area contributed by atoms with Gasteiger partial charge in [-0.1, -0.05) is 53.7 Å². The molecule has 2 atom stereocenters. The van der Waals surface area contributed by atoms with E-state index in [4.69, 9.17) is 4.74 Å². The number of aryl methyl sites for hydroxylation is 1. The maximum absolute atomic E-state index is 6.13. The van der Waals surface area contributed by atoms with Gasteiger partial charge in [0.2, 0.25) is 0 Å². The summed E-state index contributed by atoms with van der Waals surface area (Å²) in [6.07, 6.45) is 1.07. The highest BCUT2D eigenvalue weighted by molar-refractivity contribution is 5.50. The molecular weight excluding hydrogens is 246 g/mol. The highest BCUT2D eigenvalue weighted by atomic mass is 16.5. The predicted octanol–water partition coefficient (Wildman–Crippen LogP) is 4.23. The average molecular weight is 275 g/mol. The van der Waals surface area contributed by atoms with Crippen molar-refractivity contribution in [2.45, 2.75) is 59.4 Å². The van der Waals surface area contributed by atoms with Crippen LogP contribution >= 0.6 is 0 Å². The van der Waals surface area contributed by atoms with E-state index in [1.807, 2.05) is 0 Å². The first-order valence-corrected chi connectivity index (χ1v) is 7.92. The summed E-state index contributed by atoms with van der Waals surface area (Å²) in [5.74, 6) is 1.64. The Labute approximate surface area is 123 Å². The van der Waals surface area contributed by atoms with Crippen molar-refractivity contribution >= 4 is 0 Å². The second kappa shape index (κ2) is 5.77. The summed E-state index contributed by atoms with van der Waals surface area (Å²) in [5, 5.41) is 3.64. The van der Waals surface area contributed by atoms with E-state index in [2.05, 4.69) is 59.0 Å². The lowest BCUT2D eigenvalue weighted by molar-refractivity contribution is 0.186. The number of nitrogens with one attached hydrogen (secondary N) is 1. The lowest BCUT2D eigenvalue weighted by Crippen LogP contribution is -2.35. The molecule has 2 unspecified atom stereocenters. The molecule has 1 heterocycles. The van der Waals surface area contributed by atoms with Crippen molar-refractivity contribution in [2.75, 3.05) is 13.2 Å². The second-order valence-corrected chi connectivity index (χ2v) is 6.99. The fourth-order valence-electron chi connectivity index (χ4n) is 3.02. The monoisotopic (exact) mass is 275 g/mol. The van der Waals surface area contributed by atoms with Crippen LogP contribution in [-0.4, -0.2) is 13.2 Å². The van der Waals surface area contributed by atoms with Crippen LogP contribution in [0.25, 0.3) is 0 Å². The van der Waals surface area contributed by atoms with Gasteiger partial charge < -0.3 is 10.1 Å². The molecule has 0 bridgehead atoms. The van der Waals surface area contributed by atoms with Crippen LogP contribution in [0.1, 0.15) is 64.3 Å². The lowest BCUT2D eigenvalue weighted by Gasteiger charge is -2.36. The van der Waals surface area contributed by atoms with Crippen LogP contribution in [0.15, 0.2) is 12.1 Å². The number of hydrogen-bond acceptors (Lipinski definition) is 2. The van der Waals surface area contributed by atoms with Gasteiger partial charge in [-0.3, -0.25) is 0 Å². The third-order valence-corrected chi connectivity index (χ3v) is 4.21. The van der Waals surface area contributed by atoms with Gasteiger partial charge in [0.05, 0.1) is 6.61 Å². The Morgan fingerprint density at radius 1 is 1.25 bits per heavy atom. The third kappa shape index (κ3) is 2.85. The van der Waals surface area contributed by atoms with Crippen molar-refractivity contribution in [3.05, 3.63) is 28.8 Å². The van der Waals surface area contributed by atoms with E-state index in [9.17, 15) is 0 Å². The highest BCUT2D eigenvalue weighted by Crippen LogP contribution is 2.43. The molecule has 1 aliphatic heterocycles. The Morgan fingerprint density at radius 3 is 2.50 bits per heavy atom. The Balaban J connectivity index is 2.58. The summed E-state index contributed by atoms with van der Waals surface area (Å²) in [6, 6.07) is 5.09. The van der Waals surface area contributed by atoms with Crippen LogP contribution in [-0.2, 0) is 11.8 Å². The van der Waals surface area contributed by atoms with Gasteiger partial charge in [0, 0.05) is 23.1 Å². The van der Waals surface area contributed by atoms with Crippen LogP contribution < -0.4 is 10.1 Å². The Bertz CT molecular complexity index is 473. The number of rotatable bonds is 3. The van der Waals surface area contributed by atoms with E-state index in [1.165, 1.54) is 16.7 Å². The van der Waals surface area contributed by atoms with Gasteiger partial charge in [0.25, 0.3) is 0 Å². The Kier molecular flexibility index (Phi) is 4.43. The van der Waals surface area contributed by atoms with Gasteiger partial charge in [-0.05, 0) is 23.9 Å². The average Bonchev–Trinajstić information content (AvgIpc) is 2.39. The number of fused-ring (bicyclic) bond motifs is 1. The summed E-state index contributed by atoms with van der Waals surface area (Å²) >= 11 is 0. The summed E-state index contributed by atoms with van der Waals surface area (Å²) in [6.45, 7) is 15.3. The van der Waals surface area contributed by atoms with Gasteiger partial charge in [0.1, 0.15) is 5.75 Å². The summed E-state index contributed by atoms with van der Waals surface area (Å²) in [4.78, 5) is 0. The zero-order valence-electron chi connectivity index (χ0n) is 13.8. The molecule has 112 valence electrons. The van der Waals surface area contributed by atoms with Crippen LogP contribution in [0, 0.1) is 5.92 Å².